The number of aryl methyl sites for hydroxylation is 1. The molecule has 0 radical (unpaired) electrons. The Morgan fingerprint density at radius 3 is 2.76 bits per heavy atom. The normalized spacial score (nSPS) is 18.3. The molecule has 0 bridgehead atoms. The number of nitrogens with one attached hydrogen (secondary N) is 1. The van der Waals surface area contributed by atoms with Gasteiger partial charge in [-0.05, 0) is 30.7 Å². The van der Waals surface area contributed by atoms with Crippen LogP contribution < -0.4 is 26.5 Å². The van der Waals surface area contributed by atoms with Crippen LogP contribution in [0.15, 0.2) is 36.5 Å². The highest BCUT2D eigenvalue weighted by atomic mass is 16.6. The van der Waals surface area contributed by atoms with Gasteiger partial charge in [-0.2, -0.15) is 0 Å². The number of rotatable bonds is 3. The molecule has 1 aromatic carbocycles. The monoisotopic (exact) mass is 286 g/mol. The molecule has 1 aliphatic rings. The Bertz CT molecular complexity index is 627. The zero-order chi connectivity index (χ0) is 14.8. The van der Waals surface area contributed by atoms with Crippen molar-refractivity contribution in [3.05, 3.63) is 47.7 Å². The molecule has 0 saturated heterocycles. The zero-order valence-corrected chi connectivity index (χ0v) is 11.7. The first kappa shape index (κ1) is 13.7. The molecular weight excluding hydrogens is 268 g/mol. The van der Waals surface area contributed by atoms with Gasteiger partial charge in [0.05, 0.1) is 6.04 Å². The Hall–Kier alpha value is -2.31. The highest BCUT2D eigenvalue weighted by Gasteiger charge is 2.31. The molecule has 1 aromatic heterocycles. The number of hydrazine groups is 1. The first-order valence-corrected chi connectivity index (χ1v) is 6.76. The van der Waals surface area contributed by atoms with Crippen molar-refractivity contribution >= 4 is 5.82 Å². The summed E-state index contributed by atoms with van der Waals surface area (Å²) >= 11 is 0. The van der Waals surface area contributed by atoms with Crippen molar-refractivity contribution < 1.29 is 9.47 Å². The second kappa shape index (κ2) is 5.59. The first-order chi connectivity index (χ1) is 10.2. The van der Waals surface area contributed by atoms with E-state index in [0.717, 1.165) is 16.9 Å². The number of para-hydroxylation sites is 2. The lowest BCUT2D eigenvalue weighted by Crippen LogP contribution is -2.45. The van der Waals surface area contributed by atoms with E-state index >= 15 is 0 Å². The topological polar surface area (TPSA) is 95.4 Å². The minimum absolute atomic E-state index is 0.282. The summed E-state index contributed by atoms with van der Waals surface area (Å²) in [4.78, 5) is 4.13. The number of hydrogen-bond acceptors (Lipinski definition) is 6. The molecule has 21 heavy (non-hydrogen) atoms. The van der Waals surface area contributed by atoms with Crippen molar-refractivity contribution in [1.82, 2.24) is 10.4 Å². The van der Waals surface area contributed by atoms with Crippen LogP contribution in [0.2, 0.25) is 0 Å². The van der Waals surface area contributed by atoms with Crippen molar-refractivity contribution in [3.63, 3.8) is 0 Å². The van der Waals surface area contributed by atoms with Crippen LogP contribution in [0.3, 0.4) is 0 Å². The molecule has 2 aromatic rings. The van der Waals surface area contributed by atoms with Crippen molar-refractivity contribution in [3.8, 4) is 11.5 Å². The Balaban J connectivity index is 1.92. The minimum Gasteiger partial charge on any atom is -0.486 e. The van der Waals surface area contributed by atoms with Gasteiger partial charge in [-0.25, -0.2) is 10.4 Å². The Morgan fingerprint density at radius 1 is 1.29 bits per heavy atom. The van der Waals surface area contributed by atoms with Crippen LogP contribution in [0, 0.1) is 6.92 Å². The summed E-state index contributed by atoms with van der Waals surface area (Å²) in [7, 11) is 0. The van der Waals surface area contributed by atoms with Crippen LogP contribution in [0.25, 0.3) is 0 Å². The number of fused-ring (bicyclic) bond motifs is 1. The standard InChI is InChI=1S/C15H18N4O2/c1-9-6-7-18-15(16)13(9)14(19-17)12-8-20-10-4-2-3-5-11(10)21-12/h2-7,12,14,19H,8,17H2,1H3,(H2,16,18). The summed E-state index contributed by atoms with van der Waals surface area (Å²) < 4.78 is 11.7. The third-order valence-electron chi connectivity index (χ3n) is 3.63. The largest absolute Gasteiger partial charge is 0.486 e. The lowest BCUT2D eigenvalue weighted by Gasteiger charge is -2.32. The number of hydrogen-bond donors (Lipinski definition) is 3. The van der Waals surface area contributed by atoms with Gasteiger partial charge in [-0.3, -0.25) is 5.84 Å². The molecule has 6 heteroatoms. The van der Waals surface area contributed by atoms with Crippen LogP contribution in [0.5, 0.6) is 11.5 Å². The number of ether oxygens (including phenoxy) is 2. The van der Waals surface area contributed by atoms with Gasteiger partial charge < -0.3 is 15.2 Å². The number of anilines is 1. The van der Waals surface area contributed by atoms with Gasteiger partial charge in [-0.15, -0.1) is 0 Å². The summed E-state index contributed by atoms with van der Waals surface area (Å²) in [5.41, 5.74) is 10.6. The second-order valence-electron chi connectivity index (χ2n) is 4.99. The maximum absolute atomic E-state index is 6.00. The predicted octanol–water partition coefficient (Wildman–Crippen LogP) is 1.32. The van der Waals surface area contributed by atoms with Crippen LogP contribution in [-0.2, 0) is 0 Å². The molecule has 6 nitrogen and oxygen atoms in total. The summed E-state index contributed by atoms with van der Waals surface area (Å²) in [6.07, 6.45) is 1.39. The molecule has 2 heterocycles. The number of nitrogens with zero attached hydrogens (tertiary/aromatic N) is 1. The van der Waals surface area contributed by atoms with Gasteiger partial charge in [0.25, 0.3) is 0 Å². The molecule has 0 saturated carbocycles. The molecule has 2 atom stereocenters. The Kier molecular flexibility index (Phi) is 3.64. The van der Waals surface area contributed by atoms with Gasteiger partial charge in [0.15, 0.2) is 17.6 Å². The van der Waals surface area contributed by atoms with E-state index in [0.29, 0.717) is 18.2 Å². The van der Waals surface area contributed by atoms with Gasteiger partial charge >= 0.3 is 0 Å². The fourth-order valence-corrected chi connectivity index (χ4v) is 2.57. The fourth-order valence-electron chi connectivity index (χ4n) is 2.57. The third-order valence-corrected chi connectivity index (χ3v) is 3.63. The van der Waals surface area contributed by atoms with Crippen molar-refractivity contribution in [2.75, 3.05) is 12.3 Å². The quantitative estimate of drug-likeness (QED) is 0.582. The van der Waals surface area contributed by atoms with E-state index in [2.05, 4.69) is 10.4 Å². The Labute approximate surface area is 123 Å². The molecule has 0 amide bonds. The molecule has 0 fully saturated rings. The minimum atomic E-state index is -0.299. The van der Waals surface area contributed by atoms with E-state index in [-0.39, 0.29) is 12.1 Å². The lowest BCUT2D eigenvalue weighted by molar-refractivity contribution is 0.0616. The number of nitrogens with two attached hydrogens (primary N) is 2. The van der Waals surface area contributed by atoms with E-state index < -0.39 is 0 Å². The van der Waals surface area contributed by atoms with Gasteiger partial charge in [0.2, 0.25) is 0 Å². The number of aromatic nitrogens is 1. The summed E-state index contributed by atoms with van der Waals surface area (Å²) in [5.74, 6) is 7.61. The van der Waals surface area contributed by atoms with E-state index in [1.807, 2.05) is 37.3 Å². The smallest absolute Gasteiger partial charge is 0.161 e. The van der Waals surface area contributed by atoms with E-state index in [9.17, 15) is 0 Å². The molecule has 5 N–H and O–H groups in total. The summed E-state index contributed by atoms with van der Waals surface area (Å²) in [6.45, 7) is 2.36. The molecule has 110 valence electrons. The van der Waals surface area contributed by atoms with E-state index in [4.69, 9.17) is 21.1 Å². The number of benzene rings is 1. The van der Waals surface area contributed by atoms with Gasteiger partial charge in [0, 0.05) is 11.8 Å². The average molecular weight is 286 g/mol. The number of pyridine rings is 1. The Morgan fingerprint density at radius 2 is 2.05 bits per heavy atom. The van der Waals surface area contributed by atoms with Crippen molar-refractivity contribution in [1.29, 1.82) is 0 Å². The van der Waals surface area contributed by atoms with Crippen LogP contribution in [0.4, 0.5) is 5.82 Å². The molecule has 0 spiro atoms. The van der Waals surface area contributed by atoms with Crippen LogP contribution in [0.1, 0.15) is 17.2 Å². The van der Waals surface area contributed by atoms with Crippen molar-refractivity contribution in [2.45, 2.75) is 19.1 Å². The third kappa shape index (κ3) is 2.51. The predicted molar refractivity (Wildman–Crippen MR) is 79.8 cm³/mol. The van der Waals surface area contributed by atoms with E-state index in [1.165, 1.54) is 0 Å². The van der Waals surface area contributed by atoms with Crippen molar-refractivity contribution in [2.24, 2.45) is 5.84 Å². The average Bonchev–Trinajstić information content (AvgIpc) is 2.50. The zero-order valence-electron chi connectivity index (χ0n) is 11.7. The maximum Gasteiger partial charge on any atom is 0.161 e. The lowest BCUT2D eigenvalue weighted by atomic mass is 9.98. The van der Waals surface area contributed by atoms with Gasteiger partial charge in [0.1, 0.15) is 12.4 Å². The molecule has 0 aliphatic carbocycles. The van der Waals surface area contributed by atoms with Crippen LogP contribution in [-0.4, -0.2) is 17.7 Å². The molecule has 2 unspecified atom stereocenters. The fraction of sp³-hybridized carbons (Fsp3) is 0.267. The second-order valence-corrected chi connectivity index (χ2v) is 4.99. The SMILES string of the molecule is Cc1ccnc(N)c1C(NN)C1COc2ccccc2O1. The summed E-state index contributed by atoms with van der Waals surface area (Å²) in [5, 5.41) is 0. The number of nitrogen functional groups attached to an aromatic ring is 1. The summed E-state index contributed by atoms with van der Waals surface area (Å²) in [6, 6.07) is 9.15. The van der Waals surface area contributed by atoms with Gasteiger partial charge in [-0.1, -0.05) is 12.1 Å². The van der Waals surface area contributed by atoms with Crippen LogP contribution >= 0.6 is 0 Å². The molecule has 1 aliphatic heterocycles. The molecular formula is C15H18N4O2. The maximum atomic E-state index is 6.00. The highest BCUT2D eigenvalue weighted by Crippen LogP contribution is 2.35. The first-order valence-electron chi connectivity index (χ1n) is 6.76. The van der Waals surface area contributed by atoms with E-state index in [1.54, 1.807) is 6.20 Å². The molecule has 3 rings (SSSR count). The highest BCUT2D eigenvalue weighted by molar-refractivity contribution is 5.47.